The highest BCUT2D eigenvalue weighted by atomic mass is 35.5. The number of halogens is 1. The molecule has 1 aromatic heterocycles. The average molecular weight is 574 g/mol. The van der Waals surface area contributed by atoms with Gasteiger partial charge in [0, 0.05) is 35.2 Å². The van der Waals surface area contributed by atoms with E-state index in [0.717, 1.165) is 11.3 Å². The molecule has 4 aromatic rings. The van der Waals surface area contributed by atoms with Crippen LogP contribution in [0, 0.1) is 17.0 Å². The fraction of sp³-hybridized carbons (Fsp3) is 0.258. The largest absolute Gasteiger partial charge is 0.329 e. The summed E-state index contributed by atoms with van der Waals surface area (Å²) in [6, 6.07) is 22.9. The van der Waals surface area contributed by atoms with Crippen LogP contribution >= 0.6 is 11.6 Å². The van der Waals surface area contributed by atoms with Gasteiger partial charge >= 0.3 is 0 Å². The molecule has 0 aliphatic carbocycles. The van der Waals surface area contributed by atoms with Crippen LogP contribution in [-0.2, 0) is 16.6 Å². The van der Waals surface area contributed by atoms with Crippen LogP contribution < -0.4 is 5.32 Å². The molecule has 4 rings (SSSR count). The molecule has 0 aliphatic rings. The van der Waals surface area contributed by atoms with Gasteiger partial charge in [0.2, 0.25) is 5.91 Å². The van der Waals surface area contributed by atoms with Crippen molar-refractivity contribution in [2.75, 3.05) is 18.4 Å². The number of aromatic nitrogens is 2. The maximum absolute atomic E-state index is 13.6. The zero-order valence-corrected chi connectivity index (χ0v) is 24.2. The molecule has 10 heteroatoms. The minimum absolute atomic E-state index is 0.138. The Kier molecular flexibility index (Phi) is 8.88. The number of nitrogens with zero attached hydrogens (tertiary/aromatic N) is 4. The topological polar surface area (TPSA) is 110 Å². The number of rotatable bonds is 9. The fourth-order valence-corrected chi connectivity index (χ4v) is 4.50. The number of carbonyl (C=O) groups excluding carboxylic acids is 2. The lowest BCUT2D eigenvalue weighted by molar-refractivity contribution is -0.385. The summed E-state index contributed by atoms with van der Waals surface area (Å²) in [6.45, 7) is 7.62. The molecule has 1 heterocycles. The minimum atomic E-state index is -0.518. The molecule has 9 nitrogen and oxygen atoms in total. The Morgan fingerprint density at radius 3 is 2.37 bits per heavy atom. The Labute approximate surface area is 243 Å². The molecular weight excluding hydrogens is 542 g/mol. The molecular formula is C31H32ClN5O4. The van der Waals surface area contributed by atoms with Crippen molar-refractivity contribution in [3.8, 4) is 5.69 Å². The van der Waals surface area contributed by atoms with Gasteiger partial charge in [-0.3, -0.25) is 19.7 Å². The molecule has 0 bridgehead atoms. The zero-order valence-electron chi connectivity index (χ0n) is 23.4. The van der Waals surface area contributed by atoms with Crippen molar-refractivity contribution in [2.45, 2.75) is 39.5 Å². The van der Waals surface area contributed by atoms with Crippen molar-refractivity contribution in [3.05, 3.63) is 116 Å². The second kappa shape index (κ2) is 12.3. The van der Waals surface area contributed by atoms with E-state index >= 15 is 0 Å². The smallest absolute Gasteiger partial charge is 0.273 e. The first-order chi connectivity index (χ1) is 19.4. The average Bonchev–Trinajstić information content (AvgIpc) is 3.35. The monoisotopic (exact) mass is 573 g/mol. The van der Waals surface area contributed by atoms with E-state index in [1.54, 1.807) is 35.9 Å². The summed E-state index contributed by atoms with van der Waals surface area (Å²) in [7, 11) is 0. The molecule has 0 saturated heterocycles. The van der Waals surface area contributed by atoms with Crippen LogP contribution in [0.2, 0.25) is 5.02 Å². The standard InChI is InChI=1S/C31H32ClN5O4/c1-21-14-15-23(18-26(21)37(40)41)30(39)35(17-16-22-10-6-5-7-11-22)20-29(38)33-28-19-27(31(2,3)4)34-36(28)25-13-9-8-12-24(25)32/h5-15,18-19H,16-17,20H2,1-4H3,(H,33,38). The number of para-hydroxylation sites is 1. The Hall–Kier alpha value is -4.50. The molecule has 3 aromatic carbocycles. The van der Waals surface area contributed by atoms with Crippen LogP contribution in [0.4, 0.5) is 11.5 Å². The molecule has 41 heavy (non-hydrogen) atoms. The maximum Gasteiger partial charge on any atom is 0.273 e. The van der Waals surface area contributed by atoms with Gasteiger partial charge in [-0.1, -0.05) is 80.9 Å². The van der Waals surface area contributed by atoms with Gasteiger partial charge in [0.1, 0.15) is 12.4 Å². The molecule has 0 radical (unpaired) electrons. The Bertz CT molecular complexity index is 1580. The second-order valence-corrected chi connectivity index (χ2v) is 11.2. The molecule has 212 valence electrons. The van der Waals surface area contributed by atoms with Gasteiger partial charge in [-0.05, 0) is 37.1 Å². The van der Waals surface area contributed by atoms with E-state index in [1.807, 2.05) is 63.2 Å². The van der Waals surface area contributed by atoms with Crippen molar-refractivity contribution < 1.29 is 14.5 Å². The van der Waals surface area contributed by atoms with Gasteiger partial charge in [0.05, 0.1) is 21.3 Å². The molecule has 0 unspecified atom stereocenters. The second-order valence-electron chi connectivity index (χ2n) is 10.8. The van der Waals surface area contributed by atoms with Crippen LogP contribution in [0.3, 0.4) is 0 Å². The number of nitrogens with one attached hydrogen (secondary N) is 1. The first kappa shape index (κ1) is 29.5. The Morgan fingerprint density at radius 1 is 1.02 bits per heavy atom. The molecule has 0 spiro atoms. The van der Waals surface area contributed by atoms with Gasteiger partial charge in [0.15, 0.2) is 0 Å². The van der Waals surface area contributed by atoms with Crippen LogP contribution in [0.5, 0.6) is 0 Å². The molecule has 2 amide bonds. The highest BCUT2D eigenvalue weighted by Crippen LogP contribution is 2.29. The lowest BCUT2D eigenvalue weighted by Gasteiger charge is -2.23. The van der Waals surface area contributed by atoms with E-state index in [4.69, 9.17) is 16.7 Å². The van der Waals surface area contributed by atoms with Crippen molar-refractivity contribution in [1.29, 1.82) is 0 Å². The Balaban J connectivity index is 1.63. The van der Waals surface area contributed by atoms with Crippen molar-refractivity contribution in [1.82, 2.24) is 14.7 Å². The first-order valence-corrected chi connectivity index (χ1v) is 13.6. The number of hydrogen-bond donors (Lipinski definition) is 1. The van der Waals surface area contributed by atoms with Crippen molar-refractivity contribution >= 4 is 34.9 Å². The van der Waals surface area contributed by atoms with Gasteiger partial charge in [-0.15, -0.1) is 0 Å². The van der Waals surface area contributed by atoms with Gasteiger partial charge in [-0.2, -0.15) is 5.10 Å². The molecule has 0 saturated carbocycles. The fourth-order valence-electron chi connectivity index (χ4n) is 4.28. The number of nitro groups is 1. The van der Waals surface area contributed by atoms with Gasteiger partial charge in [0.25, 0.3) is 11.6 Å². The molecule has 0 fully saturated rings. The van der Waals surface area contributed by atoms with E-state index in [2.05, 4.69) is 5.32 Å². The van der Waals surface area contributed by atoms with Crippen LogP contribution in [0.15, 0.2) is 78.9 Å². The summed E-state index contributed by atoms with van der Waals surface area (Å²) in [5.74, 6) is -0.509. The summed E-state index contributed by atoms with van der Waals surface area (Å²) in [5, 5.41) is 19.6. The quantitative estimate of drug-likeness (QED) is 0.185. The summed E-state index contributed by atoms with van der Waals surface area (Å²) in [4.78, 5) is 39.4. The number of carbonyl (C=O) groups is 2. The van der Waals surface area contributed by atoms with Crippen molar-refractivity contribution in [3.63, 3.8) is 0 Å². The van der Waals surface area contributed by atoms with E-state index in [1.165, 1.54) is 17.0 Å². The Morgan fingerprint density at radius 2 is 1.71 bits per heavy atom. The lowest BCUT2D eigenvalue weighted by Crippen LogP contribution is -2.39. The zero-order chi connectivity index (χ0) is 29.7. The van der Waals surface area contributed by atoms with Gasteiger partial charge in [-0.25, -0.2) is 4.68 Å². The molecule has 0 aliphatic heterocycles. The number of amides is 2. The van der Waals surface area contributed by atoms with Crippen LogP contribution in [0.1, 0.15) is 48.0 Å². The van der Waals surface area contributed by atoms with Crippen LogP contribution in [-0.4, -0.2) is 44.5 Å². The number of benzene rings is 3. The highest BCUT2D eigenvalue weighted by molar-refractivity contribution is 6.32. The predicted octanol–water partition coefficient (Wildman–Crippen LogP) is 6.36. The summed E-state index contributed by atoms with van der Waals surface area (Å²) < 4.78 is 1.58. The summed E-state index contributed by atoms with van der Waals surface area (Å²) in [6.07, 6.45) is 0.500. The number of anilines is 1. The predicted molar refractivity (Wildman–Crippen MR) is 160 cm³/mol. The lowest BCUT2D eigenvalue weighted by atomic mass is 9.92. The number of nitro benzene ring substituents is 1. The third-order valence-electron chi connectivity index (χ3n) is 6.61. The summed E-state index contributed by atoms with van der Waals surface area (Å²) >= 11 is 6.46. The third-order valence-corrected chi connectivity index (χ3v) is 6.93. The molecule has 1 N–H and O–H groups in total. The van der Waals surface area contributed by atoms with E-state index in [-0.39, 0.29) is 29.8 Å². The third kappa shape index (κ3) is 7.18. The van der Waals surface area contributed by atoms with Gasteiger partial charge < -0.3 is 10.2 Å². The SMILES string of the molecule is Cc1ccc(C(=O)N(CCc2ccccc2)CC(=O)Nc2cc(C(C)(C)C)nn2-c2ccccc2Cl)cc1[N+](=O)[O-]. The van der Waals surface area contributed by atoms with Crippen molar-refractivity contribution in [2.24, 2.45) is 0 Å². The molecule has 0 atom stereocenters. The van der Waals surface area contributed by atoms with E-state index in [9.17, 15) is 19.7 Å². The van der Waals surface area contributed by atoms with Crippen LogP contribution in [0.25, 0.3) is 5.69 Å². The summed E-state index contributed by atoms with van der Waals surface area (Å²) in [5.41, 5.74) is 2.47. The maximum atomic E-state index is 13.6. The normalized spacial score (nSPS) is 11.2. The highest BCUT2D eigenvalue weighted by Gasteiger charge is 2.25. The van der Waals surface area contributed by atoms with E-state index in [0.29, 0.717) is 28.5 Å². The first-order valence-electron chi connectivity index (χ1n) is 13.2. The number of hydrogen-bond acceptors (Lipinski definition) is 5. The minimum Gasteiger partial charge on any atom is -0.329 e. The van der Waals surface area contributed by atoms with E-state index < -0.39 is 16.7 Å². The number of aryl methyl sites for hydroxylation is 1.